The highest BCUT2D eigenvalue weighted by molar-refractivity contribution is 5.98. The zero-order valence-electron chi connectivity index (χ0n) is 20.1. The molecule has 1 fully saturated rings. The molecule has 1 N–H and O–H groups in total. The number of pyridine rings is 2. The Morgan fingerprint density at radius 3 is 2.57 bits per heavy atom. The van der Waals surface area contributed by atoms with Crippen molar-refractivity contribution in [3.05, 3.63) is 58.9 Å². The number of rotatable bonds is 5. The van der Waals surface area contributed by atoms with E-state index < -0.39 is 11.7 Å². The van der Waals surface area contributed by atoms with Gasteiger partial charge in [0.1, 0.15) is 17.3 Å². The van der Waals surface area contributed by atoms with Crippen LogP contribution in [0.25, 0.3) is 11.5 Å². The maximum atomic E-state index is 13.7. The molecule has 1 aliphatic rings. The van der Waals surface area contributed by atoms with Gasteiger partial charge >= 0.3 is 6.18 Å². The molecule has 1 aliphatic heterocycles. The molecule has 4 heterocycles. The van der Waals surface area contributed by atoms with Crippen LogP contribution in [0.1, 0.15) is 53.0 Å². The van der Waals surface area contributed by atoms with Crippen molar-refractivity contribution in [3.8, 4) is 11.5 Å². The van der Waals surface area contributed by atoms with Gasteiger partial charge in [0.15, 0.2) is 0 Å². The van der Waals surface area contributed by atoms with Crippen molar-refractivity contribution in [2.75, 3.05) is 18.4 Å². The molecule has 3 aromatic rings. The van der Waals surface area contributed by atoms with Gasteiger partial charge in [-0.25, -0.2) is 15.0 Å². The lowest BCUT2D eigenvalue weighted by atomic mass is 9.91. The summed E-state index contributed by atoms with van der Waals surface area (Å²) in [6.45, 7) is 8.50. The molecule has 10 heteroatoms. The minimum absolute atomic E-state index is 0.182. The minimum atomic E-state index is -4.44. The van der Waals surface area contributed by atoms with Gasteiger partial charge in [-0.05, 0) is 63.8 Å². The Balaban J connectivity index is 1.57. The lowest BCUT2D eigenvalue weighted by molar-refractivity contribution is -0.137. The van der Waals surface area contributed by atoms with Crippen LogP contribution in [-0.4, -0.2) is 44.9 Å². The first-order valence-corrected chi connectivity index (χ1v) is 11.5. The second-order valence-corrected chi connectivity index (χ2v) is 9.10. The van der Waals surface area contributed by atoms with Crippen LogP contribution in [0.5, 0.6) is 0 Å². The molecule has 0 aliphatic carbocycles. The first kappa shape index (κ1) is 24.7. The number of aryl methyl sites for hydroxylation is 3. The Kier molecular flexibility index (Phi) is 6.82. The van der Waals surface area contributed by atoms with Gasteiger partial charge in [0.25, 0.3) is 5.91 Å². The Morgan fingerprint density at radius 2 is 1.94 bits per heavy atom. The Bertz CT molecular complexity index is 1190. The number of nitrogens with one attached hydrogen (secondary N) is 1. The third kappa shape index (κ3) is 5.47. The van der Waals surface area contributed by atoms with Gasteiger partial charge in [-0.2, -0.15) is 13.2 Å². The van der Waals surface area contributed by atoms with E-state index in [9.17, 15) is 18.0 Å². The van der Waals surface area contributed by atoms with E-state index in [0.717, 1.165) is 30.8 Å². The molecule has 35 heavy (non-hydrogen) atoms. The molecule has 2 atom stereocenters. The number of piperidine rings is 1. The Labute approximate surface area is 201 Å². The van der Waals surface area contributed by atoms with Crippen LogP contribution >= 0.6 is 0 Å². The van der Waals surface area contributed by atoms with Gasteiger partial charge in [0, 0.05) is 31.0 Å². The summed E-state index contributed by atoms with van der Waals surface area (Å²) in [4.78, 5) is 28.4. The first-order valence-electron chi connectivity index (χ1n) is 11.5. The van der Waals surface area contributed by atoms with E-state index >= 15 is 0 Å². The molecule has 3 aromatic heterocycles. The Hall–Kier alpha value is -3.43. The number of nitrogens with zero attached hydrogens (tertiary/aromatic N) is 4. The van der Waals surface area contributed by atoms with Crippen molar-refractivity contribution in [1.82, 2.24) is 19.9 Å². The number of aromatic nitrogens is 3. The highest BCUT2D eigenvalue weighted by Crippen LogP contribution is 2.30. The summed E-state index contributed by atoms with van der Waals surface area (Å²) in [6, 6.07) is 5.72. The lowest BCUT2D eigenvalue weighted by Crippen LogP contribution is -2.49. The fourth-order valence-electron chi connectivity index (χ4n) is 4.22. The van der Waals surface area contributed by atoms with Gasteiger partial charge in [-0.15, -0.1) is 0 Å². The van der Waals surface area contributed by atoms with Crippen molar-refractivity contribution in [2.24, 2.45) is 5.92 Å². The fraction of sp³-hybridized carbons (Fsp3) is 0.440. The average Bonchev–Trinajstić information content (AvgIpc) is 3.15. The van der Waals surface area contributed by atoms with Crippen LogP contribution in [0.15, 0.2) is 34.9 Å². The minimum Gasteiger partial charge on any atom is -0.441 e. The fourth-order valence-corrected chi connectivity index (χ4v) is 4.22. The van der Waals surface area contributed by atoms with Crippen molar-refractivity contribution >= 4 is 11.7 Å². The molecule has 1 saturated heterocycles. The number of amides is 1. The maximum Gasteiger partial charge on any atom is 0.417 e. The van der Waals surface area contributed by atoms with Crippen LogP contribution < -0.4 is 5.32 Å². The molecule has 0 spiro atoms. The number of anilines is 1. The number of carbonyl (C=O) groups is 1. The third-order valence-corrected chi connectivity index (χ3v) is 6.34. The SMILES string of the molecule is Cc1ccc(-c2nc(C)c(C)o2)c(C(=O)N2CC[C@H](C)CC2CNc2ccc(C(F)(F)F)cn2)n1. The van der Waals surface area contributed by atoms with Crippen LogP contribution in [0.3, 0.4) is 0 Å². The number of hydrogen-bond acceptors (Lipinski definition) is 6. The molecule has 0 aromatic carbocycles. The number of carbonyl (C=O) groups excluding carboxylic acids is 1. The van der Waals surface area contributed by atoms with E-state index in [4.69, 9.17) is 4.42 Å². The highest BCUT2D eigenvalue weighted by Gasteiger charge is 2.34. The summed E-state index contributed by atoms with van der Waals surface area (Å²) in [5.74, 6) is 1.52. The van der Waals surface area contributed by atoms with E-state index in [0.29, 0.717) is 47.7 Å². The van der Waals surface area contributed by atoms with Gasteiger partial charge in [-0.1, -0.05) is 6.92 Å². The third-order valence-electron chi connectivity index (χ3n) is 6.34. The van der Waals surface area contributed by atoms with Crippen LogP contribution in [0.4, 0.5) is 19.0 Å². The second kappa shape index (κ2) is 9.67. The number of halogens is 3. The first-order chi connectivity index (χ1) is 16.5. The number of alkyl halides is 3. The monoisotopic (exact) mass is 487 g/mol. The summed E-state index contributed by atoms with van der Waals surface area (Å²) >= 11 is 0. The zero-order valence-corrected chi connectivity index (χ0v) is 20.1. The topological polar surface area (TPSA) is 84.2 Å². The van der Waals surface area contributed by atoms with E-state index in [1.807, 2.05) is 26.8 Å². The number of oxazole rings is 1. The molecule has 4 rings (SSSR count). The van der Waals surface area contributed by atoms with Gasteiger partial charge in [0.2, 0.25) is 5.89 Å². The molecular weight excluding hydrogens is 459 g/mol. The molecule has 1 unspecified atom stereocenters. The summed E-state index contributed by atoms with van der Waals surface area (Å²) < 4.78 is 44.3. The summed E-state index contributed by atoms with van der Waals surface area (Å²) in [5, 5.41) is 3.09. The van der Waals surface area contributed by atoms with Gasteiger partial charge < -0.3 is 14.6 Å². The van der Waals surface area contributed by atoms with Crippen molar-refractivity contribution in [3.63, 3.8) is 0 Å². The van der Waals surface area contributed by atoms with Crippen molar-refractivity contribution < 1.29 is 22.4 Å². The Morgan fingerprint density at radius 1 is 1.17 bits per heavy atom. The molecule has 0 bridgehead atoms. The zero-order chi connectivity index (χ0) is 25.3. The van der Waals surface area contributed by atoms with Crippen LogP contribution in [0, 0.1) is 26.7 Å². The molecule has 0 radical (unpaired) electrons. The molecule has 186 valence electrons. The maximum absolute atomic E-state index is 13.7. The summed E-state index contributed by atoms with van der Waals surface area (Å²) in [6.07, 6.45) is -2.04. The standard InChI is InChI=1S/C25H28F3N5O2/c1-14-9-10-33(19(11-14)13-30-21-8-6-18(12-29-21)25(26,27)28)24(34)22-20(7-5-15(2)31-22)23-32-16(3)17(4)35-23/h5-8,12,14,19H,9-11,13H2,1-4H3,(H,29,30)/t14-,19?/m0/s1. The van der Waals surface area contributed by atoms with E-state index in [1.165, 1.54) is 6.07 Å². The number of hydrogen-bond donors (Lipinski definition) is 1. The quantitative estimate of drug-likeness (QED) is 0.517. The van der Waals surface area contributed by atoms with Crippen LogP contribution in [-0.2, 0) is 6.18 Å². The van der Waals surface area contributed by atoms with E-state index in [2.05, 4.69) is 27.2 Å². The molecular formula is C25H28F3N5O2. The normalized spacial score (nSPS) is 18.5. The van der Waals surface area contributed by atoms with Crippen molar-refractivity contribution in [1.29, 1.82) is 0 Å². The second-order valence-electron chi connectivity index (χ2n) is 9.10. The lowest BCUT2D eigenvalue weighted by Gasteiger charge is -2.38. The smallest absolute Gasteiger partial charge is 0.417 e. The van der Waals surface area contributed by atoms with Gasteiger partial charge in [-0.3, -0.25) is 4.79 Å². The molecule has 7 nitrogen and oxygen atoms in total. The predicted octanol–water partition coefficient (Wildman–Crippen LogP) is 5.43. The molecule has 1 amide bonds. The predicted molar refractivity (Wildman–Crippen MR) is 125 cm³/mol. The van der Waals surface area contributed by atoms with Crippen molar-refractivity contribution in [2.45, 2.75) is 52.8 Å². The number of likely N-dealkylation sites (tertiary alicyclic amines) is 1. The summed E-state index contributed by atoms with van der Waals surface area (Å²) in [7, 11) is 0. The summed E-state index contributed by atoms with van der Waals surface area (Å²) in [5.41, 5.74) is 1.45. The largest absolute Gasteiger partial charge is 0.441 e. The highest BCUT2D eigenvalue weighted by atomic mass is 19.4. The average molecular weight is 488 g/mol. The van der Waals surface area contributed by atoms with Crippen LogP contribution in [0.2, 0.25) is 0 Å². The van der Waals surface area contributed by atoms with Gasteiger partial charge in [0.05, 0.1) is 16.8 Å². The van der Waals surface area contributed by atoms with E-state index in [1.54, 1.807) is 11.0 Å². The molecule has 0 saturated carbocycles. The van der Waals surface area contributed by atoms with E-state index in [-0.39, 0.29) is 17.6 Å².